The van der Waals surface area contributed by atoms with Gasteiger partial charge in [0.1, 0.15) is 0 Å². The van der Waals surface area contributed by atoms with Crippen molar-refractivity contribution in [2.24, 2.45) is 0 Å². The molecule has 0 amide bonds. The molecular weight excluding hydrogens is 207 g/mol. The molecule has 0 radical (unpaired) electrons. The molecule has 0 spiro atoms. The summed E-state index contributed by atoms with van der Waals surface area (Å²) in [4.78, 5) is 0. The summed E-state index contributed by atoms with van der Waals surface area (Å²) in [7, 11) is 0. The molecule has 16 heavy (non-hydrogen) atoms. The van der Waals surface area contributed by atoms with Crippen LogP contribution in [0.4, 0.5) is 4.39 Å². The summed E-state index contributed by atoms with van der Waals surface area (Å²) in [6.07, 6.45) is 4.80. The first-order chi connectivity index (χ1) is 7.81. The fourth-order valence-corrected chi connectivity index (χ4v) is 1.75. The standard InChI is InChI=1S/C13H15FO2/c1-2-15-13-7-6-10(9-11(13)14)12-5-3-4-8-16-12/h3-4,6-7,9,12H,2,5,8H2,1H3. The Labute approximate surface area is 94.7 Å². The molecule has 1 aromatic rings. The number of hydrogen-bond donors (Lipinski definition) is 0. The Morgan fingerprint density at radius 3 is 2.94 bits per heavy atom. The lowest BCUT2D eigenvalue weighted by atomic mass is 10.0. The highest BCUT2D eigenvalue weighted by Crippen LogP contribution is 2.28. The zero-order valence-corrected chi connectivity index (χ0v) is 9.28. The average Bonchev–Trinajstić information content (AvgIpc) is 2.33. The lowest BCUT2D eigenvalue weighted by Crippen LogP contribution is -2.08. The van der Waals surface area contributed by atoms with Crippen LogP contribution < -0.4 is 4.74 Å². The lowest BCUT2D eigenvalue weighted by Gasteiger charge is -2.19. The van der Waals surface area contributed by atoms with E-state index in [4.69, 9.17) is 9.47 Å². The lowest BCUT2D eigenvalue weighted by molar-refractivity contribution is 0.0675. The Balaban J connectivity index is 2.16. The number of hydrogen-bond acceptors (Lipinski definition) is 2. The van der Waals surface area contributed by atoms with E-state index in [1.165, 1.54) is 6.07 Å². The summed E-state index contributed by atoms with van der Waals surface area (Å²) >= 11 is 0. The minimum absolute atomic E-state index is 0.0322. The number of benzene rings is 1. The molecule has 0 aliphatic carbocycles. The molecule has 1 aromatic carbocycles. The van der Waals surface area contributed by atoms with E-state index in [9.17, 15) is 4.39 Å². The van der Waals surface area contributed by atoms with E-state index < -0.39 is 0 Å². The van der Waals surface area contributed by atoms with Gasteiger partial charge in [0, 0.05) is 0 Å². The van der Waals surface area contributed by atoms with Crippen LogP contribution in [-0.4, -0.2) is 13.2 Å². The summed E-state index contributed by atoms with van der Waals surface area (Å²) in [6, 6.07) is 5.02. The summed E-state index contributed by atoms with van der Waals surface area (Å²) in [5, 5.41) is 0. The van der Waals surface area contributed by atoms with Crippen molar-refractivity contribution in [3.8, 4) is 5.75 Å². The Hall–Kier alpha value is -1.35. The zero-order chi connectivity index (χ0) is 11.4. The summed E-state index contributed by atoms with van der Waals surface area (Å²) in [6.45, 7) is 2.90. The van der Waals surface area contributed by atoms with Gasteiger partial charge in [-0.3, -0.25) is 0 Å². The number of halogens is 1. The molecule has 1 atom stereocenters. The molecule has 1 aliphatic rings. The Bertz CT molecular complexity index is 388. The third-order valence-electron chi connectivity index (χ3n) is 2.54. The van der Waals surface area contributed by atoms with Crippen LogP contribution in [0.15, 0.2) is 30.4 Å². The molecule has 0 N–H and O–H groups in total. The van der Waals surface area contributed by atoms with E-state index >= 15 is 0 Å². The molecule has 1 aliphatic heterocycles. The predicted octanol–water partition coefficient (Wildman–Crippen LogP) is 3.24. The third kappa shape index (κ3) is 2.42. The molecule has 0 bridgehead atoms. The Morgan fingerprint density at radius 1 is 1.44 bits per heavy atom. The average molecular weight is 222 g/mol. The molecule has 1 heterocycles. The van der Waals surface area contributed by atoms with Gasteiger partial charge in [-0.25, -0.2) is 4.39 Å². The molecule has 0 aromatic heterocycles. The summed E-state index contributed by atoms with van der Waals surface area (Å²) < 4.78 is 24.3. The van der Waals surface area contributed by atoms with Crippen LogP contribution in [0.1, 0.15) is 25.0 Å². The van der Waals surface area contributed by atoms with Crippen LogP contribution >= 0.6 is 0 Å². The van der Waals surface area contributed by atoms with E-state index in [0.717, 1.165) is 12.0 Å². The van der Waals surface area contributed by atoms with E-state index in [1.807, 2.05) is 19.1 Å². The fourth-order valence-electron chi connectivity index (χ4n) is 1.75. The monoisotopic (exact) mass is 222 g/mol. The molecule has 0 saturated heterocycles. The highest BCUT2D eigenvalue weighted by molar-refractivity contribution is 5.31. The maximum absolute atomic E-state index is 13.6. The largest absolute Gasteiger partial charge is 0.491 e. The predicted molar refractivity (Wildman–Crippen MR) is 60.0 cm³/mol. The summed E-state index contributed by atoms with van der Waals surface area (Å²) in [5.41, 5.74) is 0.866. The van der Waals surface area contributed by atoms with Crippen molar-refractivity contribution in [2.75, 3.05) is 13.2 Å². The van der Waals surface area contributed by atoms with E-state index in [1.54, 1.807) is 6.07 Å². The Kier molecular flexibility index (Phi) is 3.57. The normalized spacial score (nSPS) is 19.8. The van der Waals surface area contributed by atoms with E-state index in [-0.39, 0.29) is 11.9 Å². The van der Waals surface area contributed by atoms with E-state index in [2.05, 4.69) is 6.08 Å². The smallest absolute Gasteiger partial charge is 0.165 e. The van der Waals surface area contributed by atoms with Crippen molar-refractivity contribution in [2.45, 2.75) is 19.4 Å². The zero-order valence-electron chi connectivity index (χ0n) is 9.28. The first-order valence-corrected chi connectivity index (χ1v) is 5.50. The van der Waals surface area contributed by atoms with Gasteiger partial charge in [-0.05, 0) is 31.0 Å². The molecule has 1 unspecified atom stereocenters. The van der Waals surface area contributed by atoms with Gasteiger partial charge < -0.3 is 9.47 Å². The molecular formula is C13H15FO2. The van der Waals surface area contributed by atoms with Gasteiger partial charge in [0.05, 0.1) is 19.3 Å². The van der Waals surface area contributed by atoms with Gasteiger partial charge >= 0.3 is 0 Å². The maximum atomic E-state index is 13.6. The van der Waals surface area contributed by atoms with Crippen molar-refractivity contribution in [1.82, 2.24) is 0 Å². The van der Waals surface area contributed by atoms with Crippen LogP contribution in [0.2, 0.25) is 0 Å². The van der Waals surface area contributed by atoms with Gasteiger partial charge in [0.2, 0.25) is 0 Å². The van der Waals surface area contributed by atoms with Gasteiger partial charge in [-0.1, -0.05) is 18.2 Å². The molecule has 3 heteroatoms. The minimum atomic E-state index is -0.322. The highest BCUT2D eigenvalue weighted by Gasteiger charge is 2.15. The van der Waals surface area contributed by atoms with Crippen LogP contribution in [-0.2, 0) is 4.74 Å². The molecule has 0 fully saturated rings. The molecule has 86 valence electrons. The van der Waals surface area contributed by atoms with Crippen LogP contribution in [0.25, 0.3) is 0 Å². The van der Waals surface area contributed by atoms with Crippen molar-refractivity contribution in [3.63, 3.8) is 0 Å². The third-order valence-corrected chi connectivity index (χ3v) is 2.54. The quantitative estimate of drug-likeness (QED) is 0.731. The second kappa shape index (κ2) is 5.12. The maximum Gasteiger partial charge on any atom is 0.165 e. The molecule has 0 saturated carbocycles. The van der Waals surface area contributed by atoms with Crippen LogP contribution in [0.5, 0.6) is 5.75 Å². The van der Waals surface area contributed by atoms with Crippen molar-refractivity contribution >= 4 is 0 Å². The topological polar surface area (TPSA) is 18.5 Å². The highest BCUT2D eigenvalue weighted by atomic mass is 19.1. The fraction of sp³-hybridized carbons (Fsp3) is 0.385. The van der Waals surface area contributed by atoms with Crippen molar-refractivity contribution < 1.29 is 13.9 Å². The van der Waals surface area contributed by atoms with Gasteiger partial charge in [-0.15, -0.1) is 0 Å². The first kappa shape index (κ1) is 11.1. The van der Waals surface area contributed by atoms with E-state index in [0.29, 0.717) is 19.0 Å². The Morgan fingerprint density at radius 2 is 2.31 bits per heavy atom. The van der Waals surface area contributed by atoms with Crippen LogP contribution in [0.3, 0.4) is 0 Å². The SMILES string of the molecule is CCOc1ccc(C2CC=CCO2)cc1F. The van der Waals surface area contributed by atoms with Crippen molar-refractivity contribution in [1.29, 1.82) is 0 Å². The minimum Gasteiger partial charge on any atom is -0.491 e. The molecule has 2 nitrogen and oxygen atoms in total. The van der Waals surface area contributed by atoms with Gasteiger partial charge in [0.25, 0.3) is 0 Å². The van der Waals surface area contributed by atoms with Crippen molar-refractivity contribution in [3.05, 3.63) is 41.7 Å². The van der Waals surface area contributed by atoms with Gasteiger partial charge in [0.15, 0.2) is 11.6 Å². The number of rotatable bonds is 3. The second-order valence-electron chi connectivity index (χ2n) is 3.65. The van der Waals surface area contributed by atoms with Crippen LogP contribution in [0, 0.1) is 5.82 Å². The number of ether oxygens (including phenoxy) is 2. The molecule has 2 rings (SSSR count). The first-order valence-electron chi connectivity index (χ1n) is 5.50. The van der Waals surface area contributed by atoms with Gasteiger partial charge in [-0.2, -0.15) is 0 Å². The summed E-state index contributed by atoms with van der Waals surface area (Å²) in [5.74, 6) is -0.0184. The second-order valence-corrected chi connectivity index (χ2v) is 3.65.